The summed E-state index contributed by atoms with van der Waals surface area (Å²) in [5.74, 6) is -0.331. The van der Waals surface area contributed by atoms with Crippen LogP contribution in [0.3, 0.4) is 0 Å². The third-order valence-electron chi connectivity index (χ3n) is 9.53. The minimum Gasteiger partial charge on any atom is -0.457 e. The van der Waals surface area contributed by atoms with Gasteiger partial charge in [0.1, 0.15) is 30.5 Å². The minimum atomic E-state index is -1.54. The average molecular weight is 739 g/mol. The van der Waals surface area contributed by atoms with Crippen LogP contribution in [0.5, 0.6) is 0 Å². The van der Waals surface area contributed by atoms with Gasteiger partial charge in [0.15, 0.2) is 6.29 Å². The van der Waals surface area contributed by atoms with Crippen LogP contribution in [0.2, 0.25) is 0 Å². The van der Waals surface area contributed by atoms with Crippen molar-refractivity contribution in [1.29, 1.82) is 0 Å². The predicted octanol–water partition coefficient (Wildman–Crippen LogP) is 8.80. The molecule has 6 unspecified atom stereocenters. The minimum absolute atomic E-state index is 0.121. The van der Waals surface area contributed by atoms with Crippen LogP contribution in [0, 0.1) is 0 Å². The van der Waals surface area contributed by atoms with E-state index in [1.165, 1.54) is 83.5 Å². The third kappa shape index (κ3) is 26.2. The second-order valence-electron chi connectivity index (χ2n) is 14.4. The van der Waals surface area contributed by atoms with Gasteiger partial charge < -0.3 is 39.4 Å². The molecule has 0 saturated carbocycles. The third-order valence-corrected chi connectivity index (χ3v) is 9.53. The van der Waals surface area contributed by atoms with E-state index in [1.54, 1.807) is 0 Å². The van der Waals surface area contributed by atoms with Crippen LogP contribution in [0.4, 0.5) is 0 Å². The van der Waals surface area contributed by atoms with E-state index in [1.807, 2.05) is 0 Å². The zero-order valence-electron chi connectivity index (χ0n) is 33.1. The van der Waals surface area contributed by atoms with E-state index in [4.69, 9.17) is 18.9 Å². The molecule has 1 heterocycles. The molecule has 9 nitrogen and oxygen atoms in total. The Labute approximate surface area is 317 Å². The van der Waals surface area contributed by atoms with Crippen molar-refractivity contribution in [3.63, 3.8) is 0 Å². The Kier molecular flexibility index (Phi) is 32.7. The zero-order valence-corrected chi connectivity index (χ0v) is 33.1. The second-order valence-corrected chi connectivity index (χ2v) is 14.4. The predicted molar refractivity (Wildman–Crippen MR) is 210 cm³/mol. The van der Waals surface area contributed by atoms with Gasteiger partial charge in [0, 0.05) is 13.0 Å². The lowest BCUT2D eigenvalue weighted by Gasteiger charge is -2.39. The number of rotatable bonds is 35. The van der Waals surface area contributed by atoms with Crippen LogP contribution in [-0.4, -0.2) is 89.6 Å². The van der Waals surface area contributed by atoms with Crippen LogP contribution in [0.1, 0.15) is 168 Å². The first-order valence-corrected chi connectivity index (χ1v) is 21.1. The molecule has 1 fully saturated rings. The Hall–Kier alpha value is -1.59. The number of esters is 1. The topological polar surface area (TPSA) is 135 Å². The fourth-order valence-electron chi connectivity index (χ4n) is 6.15. The highest BCUT2D eigenvalue weighted by atomic mass is 16.7. The lowest BCUT2D eigenvalue weighted by molar-refractivity contribution is -0.305. The molecule has 0 aromatic heterocycles. The fraction of sp³-hybridized carbons (Fsp3) is 0.837. The Balaban J connectivity index is 2.31. The average Bonchev–Trinajstić information content (AvgIpc) is 3.14. The number of aliphatic hydroxyl groups is 4. The maximum atomic E-state index is 12.7. The number of ether oxygens (including phenoxy) is 4. The van der Waals surface area contributed by atoms with Crippen molar-refractivity contribution in [3.8, 4) is 0 Å². The number of hydrogen-bond donors (Lipinski definition) is 4. The Morgan fingerprint density at radius 3 is 1.73 bits per heavy atom. The lowest BCUT2D eigenvalue weighted by Crippen LogP contribution is -2.59. The molecule has 0 radical (unpaired) electrons. The maximum Gasteiger partial charge on any atom is 0.306 e. The summed E-state index contributed by atoms with van der Waals surface area (Å²) < 4.78 is 22.7. The quantitative estimate of drug-likeness (QED) is 0.0286. The summed E-state index contributed by atoms with van der Waals surface area (Å²) in [6.45, 7) is 4.47. The molecular formula is C43H78O9. The molecular weight excluding hydrogens is 660 g/mol. The van der Waals surface area contributed by atoms with E-state index in [-0.39, 0.29) is 19.2 Å². The standard InChI is InChI=1S/C43H78O9/c1-3-5-7-9-11-13-15-17-19-21-23-25-27-29-31-33-49-35-37(36-50-43-42(48)41(47)40(46)38(34-44)52-43)51-39(45)32-30-28-26-24-22-20-18-16-14-12-10-8-6-4-2/h10,12,15-18,37-38,40-44,46-48H,3-9,11,13-14,19-36H2,1-2H3/b12-10-,17-15-,18-16-. The molecule has 0 aromatic rings. The summed E-state index contributed by atoms with van der Waals surface area (Å²) in [4.78, 5) is 12.7. The van der Waals surface area contributed by atoms with Crippen LogP contribution < -0.4 is 0 Å². The molecule has 1 rings (SSSR count). The van der Waals surface area contributed by atoms with Gasteiger partial charge >= 0.3 is 5.97 Å². The highest BCUT2D eigenvalue weighted by Crippen LogP contribution is 2.22. The van der Waals surface area contributed by atoms with Gasteiger partial charge in [0.05, 0.1) is 19.8 Å². The summed E-state index contributed by atoms with van der Waals surface area (Å²) in [6.07, 6.45) is 33.0. The number of carbonyl (C=O) groups is 1. The molecule has 1 aliphatic rings. The molecule has 0 spiro atoms. The summed E-state index contributed by atoms with van der Waals surface area (Å²) in [5.41, 5.74) is 0. The van der Waals surface area contributed by atoms with E-state index in [0.29, 0.717) is 13.0 Å². The molecule has 6 atom stereocenters. The van der Waals surface area contributed by atoms with Crippen molar-refractivity contribution in [2.75, 3.05) is 26.4 Å². The SMILES string of the molecule is CCCC/C=C\C/C=C\CCCCCCCC(=O)OC(COCCCCCCCC/C=C\CCCCCCC)COC1OC(CO)C(O)C(O)C1O. The van der Waals surface area contributed by atoms with Crippen LogP contribution >= 0.6 is 0 Å². The largest absolute Gasteiger partial charge is 0.457 e. The number of unbranched alkanes of at least 4 members (excludes halogenated alkanes) is 18. The van der Waals surface area contributed by atoms with Gasteiger partial charge in [-0.2, -0.15) is 0 Å². The molecule has 0 bridgehead atoms. The van der Waals surface area contributed by atoms with Gasteiger partial charge in [-0.15, -0.1) is 0 Å². The van der Waals surface area contributed by atoms with Crippen molar-refractivity contribution in [2.24, 2.45) is 0 Å². The highest BCUT2D eigenvalue weighted by molar-refractivity contribution is 5.69. The van der Waals surface area contributed by atoms with Crippen molar-refractivity contribution >= 4 is 5.97 Å². The molecule has 304 valence electrons. The fourth-order valence-corrected chi connectivity index (χ4v) is 6.15. The molecule has 1 saturated heterocycles. The Morgan fingerprint density at radius 2 is 1.13 bits per heavy atom. The van der Waals surface area contributed by atoms with E-state index in [2.05, 4.69) is 50.3 Å². The van der Waals surface area contributed by atoms with E-state index in [0.717, 1.165) is 64.2 Å². The van der Waals surface area contributed by atoms with Crippen molar-refractivity contribution in [2.45, 2.75) is 205 Å². The molecule has 0 amide bonds. The molecule has 9 heteroatoms. The number of allylic oxidation sites excluding steroid dienone is 6. The van der Waals surface area contributed by atoms with Gasteiger partial charge in [0.2, 0.25) is 0 Å². The van der Waals surface area contributed by atoms with Crippen molar-refractivity contribution in [3.05, 3.63) is 36.5 Å². The van der Waals surface area contributed by atoms with E-state index >= 15 is 0 Å². The molecule has 0 aliphatic carbocycles. The van der Waals surface area contributed by atoms with Gasteiger partial charge in [-0.3, -0.25) is 4.79 Å². The summed E-state index contributed by atoms with van der Waals surface area (Å²) in [6, 6.07) is 0. The normalized spacial score (nSPS) is 21.5. The Bertz CT molecular complexity index is 890. The van der Waals surface area contributed by atoms with Crippen LogP contribution in [0.15, 0.2) is 36.5 Å². The van der Waals surface area contributed by atoms with E-state index in [9.17, 15) is 25.2 Å². The molecule has 0 aromatic carbocycles. The first-order chi connectivity index (χ1) is 25.4. The van der Waals surface area contributed by atoms with E-state index < -0.39 is 43.4 Å². The second kappa shape index (κ2) is 35.1. The van der Waals surface area contributed by atoms with Crippen LogP contribution in [0.25, 0.3) is 0 Å². The maximum absolute atomic E-state index is 12.7. The number of aliphatic hydroxyl groups excluding tert-OH is 4. The molecule has 52 heavy (non-hydrogen) atoms. The Morgan fingerprint density at radius 1 is 0.615 bits per heavy atom. The number of hydrogen-bond acceptors (Lipinski definition) is 9. The summed E-state index contributed by atoms with van der Waals surface area (Å²) >= 11 is 0. The van der Waals surface area contributed by atoms with Crippen molar-refractivity contribution in [1.82, 2.24) is 0 Å². The monoisotopic (exact) mass is 739 g/mol. The highest BCUT2D eigenvalue weighted by Gasteiger charge is 2.44. The summed E-state index contributed by atoms with van der Waals surface area (Å²) in [5, 5.41) is 40.0. The lowest BCUT2D eigenvalue weighted by atomic mass is 9.99. The van der Waals surface area contributed by atoms with Gasteiger partial charge in [-0.1, -0.05) is 134 Å². The zero-order chi connectivity index (χ0) is 37.9. The van der Waals surface area contributed by atoms with Crippen LogP contribution in [-0.2, 0) is 23.7 Å². The molecule has 4 N–H and O–H groups in total. The van der Waals surface area contributed by atoms with Gasteiger partial charge in [-0.05, 0) is 64.2 Å². The van der Waals surface area contributed by atoms with Gasteiger partial charge in [-0.25, -0.2) is 0 Å². The summed E-state index contributed by atoms with van der Waals surface area (Å²) in [7, 11) is 0. The smallest absolute Gasteiger partial charge is 0.306 e. The number of carbonyl (C=O) groups excluding carboxylic acids is 1. The first kappa shape index (κ1) is 48.4. The van der Waals surface area contributed by atoms with Gasteiger partial charge in [0.25, 0.3) is 0 Å². The molecule has 1 aliphatic heterocycles. The first-order valence-electron chi connectivity index (χ1n) is 21.1. The van der Waals surface area contributed by atoms with Crippen molar-refractivity contribution < 1.29 is 44.2 Å².